The monoisotopic (exact) mass is 406 g/mol. The molecule has 10 heteroatoms. The molecule has 1 aromatic heterocycles. The van der Waals surface area contributed by atoms with E-state index in [-0.39, 0.29) is 17.4 Å². The molecule has 2 amide bonds. The van der Waals surface area contributed by atoms with Gasteiger partial charge in [0.1, 0.15) is 0 Å². The lowest BCUT2D eigenvalue weighted by Gasteiger charge is -2.13. The average Bonchev–Trinajstić information content (AvgIpc) is 3.25. The van der Waals surface area contributed by atoms with Crippen LogP contribution in [-0.2, 0) is 11.2 Å². The Kier molecular flexibility index (Phi) is 8.10. The van der Waals surface area contributed by atoms with E-state index in [1.807, 2.05) is 18.2 Å². The van der Waals surface area contributed by atoms with Gasteiger partial charge < -0.3 is 24.5 Å². The molecule has 0 saturated carbocycles. The Morgan fingerprint density at radius 3 is 2.54 bits per heavy atom. The molecule has 4 N–H and O–H groups in total. The van der Waals surface area contributed by atoms with Crippen molar-refractivity contribution in [3.8, 4) is 11.5 Å². The normalized spacial score (nSPS) is 9.93. The number of ether oxygens (including phenoxy) is 2. The molecule has 1 aromatic carbocycles. The van der Waals surface area contributed by atoms with Gasteiger partial charge in [-0.05, 0) is 48.5 Å². The molecule has 1 heterocycles. The molecule has 0 fully saturated rings. The number of methoxy groups -OCH3 is 2. The van der Waals surface area contributed by atoms with Gasteiger partial charge in [-0.1, -0.05) is 6.07 Å². The van der Waals surface area contributed by atoms with Crippen LogP contribution in [0.2, 0.25) is 0 Å². The fourth-order valence-corrected chi connectivity index (χ4v) is 2.38. The number of carbonyl (C=O) groups excluding carboxylic acids is 2. The van der Waals surface area contributed by atoms with Crippen LogP contribution in [0.1, 0.15) is 16.1 Å². The van der Waals surface area contributed by atoms with Crippen LogP contribution >= 0.6 is 12.2 Å². The summed E-state index contributed by atoms with van der Waals surface area (Å²) in [5.41, 5.74) is 6.00. The van der Waals surface area contributed by atoms with Crippen molar-refractivity contribution in [2.45, 2.75) is 6.42 Å². The minimum atomic E-state index is -0.476. The SMILES string of the molecule is COc1ccc(CCNC(=S)NNC(=O)CNC(=O)c2ccco2)cc1OC. The van der Waals surface area contributed by atoms with Gasteiger partial charge in [-0.15, -0.1) is 0 Å². The fourth-order valence-electron chi connectivity index (χ4n) is 2.23. The van der Waals surface area contributed by atoms with Crippen molar-refractivity contribution in [1.82, 2.24) is 21.5 Å². The van der Waals surface area contributed by atoms with Crippen molar-refractivity contribution in [3.05, 3.63) is 47.9 Å². The molecule has 0 unspecified atom stereocenters. The molecule has 0 aliphatic heterocycles. The summed E-state index contributed by atoms with van der Waals surface area (Å²) in [6.45, 7) is 0.327. The average molecular weight is 406 g/mol. The van der Waals surface area contributed by atoms with Crippen LogP contribution in [0.3, 0.4) is 0 Å². The number of nitrogens with one attached hydrogen (secondary N) is 4. The van der Waals surface area contributed by atoms with Crippen LogP contribution in [0.25, 0.3) is 0 Å². The van der Waals surface area contributed by atoms with Gasteiger partial charge in [-0.3, -0.25) is 20.4 Å². The zero-order valence-corrected chi connectivity index (χ0v) is 16.4. The van der Waals surface area contributed by atoms with Crippen LogP contribution in [0.4, 0.5) is 0 Å². The number of carbonyl (C=O) groups is 2. The first-order valence-corrected chi connectivity index (χ1v) is 8.79. The second-order valence-electron chi connectivity index (χ2n) is 5.53. The molecule has 150 valence electrons. The van der Waals surface area contributed by atoms with Gasteiger partial charge >= 0.3 is 0 Å². The lowest BCUT2D eigenvalue weighted by molar-refractivity contribution is -0.120. The second-order valence-corrected chi connectivity index (χ2v) is 5.94. The standard InChI is InChI=1S/C18H22N4O5S/c1-25-13-6-5-12(10-15(13)26-2)7-8-19-18(28)22-21-16(23)11-20-17(24)14-4-3-9-27-14/h3-6,9-10H,7-8,11H2,1-2H3,(H,20,24)(H,21,23)(H2,19,22,28). The molecule has 0 radical (unpaired) electrons. The number of thiocarbonyl (C=S) groups is 1. The van der Waals surface area contributed by atoms with E-state index < -0.39 is 11.8 Å². The van der Waals surface area contributed by atoms with Gasteiger partial charge in [0.05, 0.1) is 27.0 Å². The summed E-state index contributed by atoms with van der Waals surface area (Å²) < 4.78 is 15.4. The molecule has 0 aliphatic rings. The summed E-state index contributed by atoms with van der Waals surface area (Å²) in [5.74, 6) is 0.524. The Labute approximate surface area is 167 Å². The minimum absolute atomic E-state index is 0.133. The molecule has 0 saturated heterocycles. The van der Waals surface area contributed by atoms with E-state index in [2.05, 4.69) is 21.5 Å². The summed E-state index contributed by atoms with van der Waals surface area (Å²) in [6.07, 6.45) is 2.07. The number of amides is 2. The summed E-state index contributed by atoms with van der Waals surface area (Å²) in [6, 6.07) is 8.75. The van der Waals surface area contributed by atoms with Crippen molar-refractivity contribution >= 4 is 29.1 Å². The Morgan fingerprint density at radius 1 is 1.07 bits per heavy atom. The molecular weight excluding hydrogens is 384 g/mol. The highest BCUT2D eigenvalue weighted by molar-refractivity contribution is 7.80. The molecule has 0 bridgehead atoms. The molecule has 28 heavy (non-hydrogen) atoms. The van der Waals surface area contributed by atoms with Crippen LogP contribution in [0, 0.1) is 0 Å². The molecule has 0 atom stereocenters. The number of hydrazine groups is 1. The summed E-state index contributed by atoms with van der Waals surface area (Å²) in [5, 5.41) is 5.65. The molecule has 0 spiro atoms. The molecule has 0 aliphatic carbocycles. The molecular formula is C18H22N4O5S. The van der Waals surface area contributed by atoms with Crippen molar-refractivity contribution in [3.63, 3.8) is 0 Å². The quantitative estimate of drug-likeness (QED) is 0.375. The van der Waals surface area contributed by atoms with Crippen LogP contribution in [-0.4, -0.2) is 44.2 Å². The second kappa shape index (κ2) is 10.8. The molecule has 2 rings (SSSR count). The third-order valence-corrected chi connectivity index (χ3v) is 3.86. The van der Waals surface area contributed by atoms with E-state index in [4.69, 9.17) is 26.1 Å². The topological polar surface area (TPSA) is 114 Å². The lowest BCUT2D eigenvalue weighted by atomic mass is 10.1. The highest BCUT2D eigenvalue weighted by Crippen LogP contribution is 2.27. The summed E-state index contributed by atoms with van der Waals surface area (Å²) >= 11 is 5.09. The first kappa shape index (κ1) is 21.0. The smallest absolute Gasteiger partial charge is 0.287 e. The van der Waals surface area contributed by atoms with Gasteiger partial charge in [0, 0.05) is 6.54 Å². The van der Waals surface area contributed by atoms with E-state index in [0.29, 0.717) is 24.5 Å². The highest BCUT2D eigenvalue weighted by atomic mass is 32.1. The highest BCUT2D eigenvalue weighted by Gasteiger charge is 2.10. The maximum Gasteiger partial charge on any atom is 0.287 e. The van der Waals surface area contributed by atoms with E-state index in [9.17, 15) is 9.59 Å². The third-order valence-electron chi connectivity index (χ3n) is 3.62. The number of furan rings is 1. The largest absolute Gasteiger partial charge is 0.493 e. The third kappa shape index (κ3) is 6.47. The zero-order valence-electron chi connectivity index (χ0n) is 15.5. The van der Waals surface area contributed by atoms with Gasteiger partial charge in [-0.2, -0.15) is 0 Å². The summed E-state index contributed by atoms with van der Waals surface area (Å²) in [4.78, 5) is 23.4. The predicted octanol–water partition coefficient (Wildman–Crippen LogP) is 0.765. The van der Waals surface area contributed by atoms with Crippen molar-refractivity contribution in [1.29, 1.82) is 0 Å². The van der Waals surface area contributed by atoms with Crippen LogP contribution < -0.4 is 31.0 Å². The van der Waals surface area contributed by atoms with Gasteiger partial charge in [0.2, 0.25) is 0 Å². The van der Waals surface area contributed by atoms with Gasteiger partial charge in [0.15, 0.2) is 22.4 Å². The first-order chi connectivity index (χ1) is 13.5. The number of hydrogen-bond acceptors (Lipinski definition) is 6. The molecule has 9 nitrogen and oxygen atoms in total. The number of benzene rings is 1. The number of hydrogen-bond donors (Lipinski definition) is 4. The van der Waals surface area contributed by atoms with E-state index >= 15 is 0 Å². The first-order valence-electron chi connectivity index (χ1n) is 8.38. The zero-order chi connectivity index (χ0) is 20.4. The molecule has 2 aromatic rings. The van der Waals surface area contributed by atoms with Gasteiger partial charge in [0.25, 0.3) is 11.8 Å². The summed E-state index contributed by atoms with van der Waals surface area (Å²) in [7, 11) is 3.17. The van der Waals surface area contributed by atoms with E-state index in [1.54, 1.807) is 20.3 Å². The van der Waals surface area contributed by atoms with Crippen molar-refractivity contribution in [2.24, 2.45) is 0 Å². The van der Waals surface area contributed by atoms with E-state index in [0.717, 1.165) is 5.56 Å². The Hall–Kier alpha value is -3.27. The van der Waals surface area contributed by atoms with E-state index in [1.165, 1.54) is 12.3 Å². The lowest BCUT2D eigenvalue weighted by Crippen LogP contribution is -2.50. The van der Waals surface area contributed by atoms with Crippen molar-refractivity contribution in [2.75, 3.05) is 27.3 Å². The predicted molar refractivity (Wildman–Crippen MR) is 106 cm³/mol. The number of rotatable bonds is 8. The Bertz CT molecular complexity index is 810. The minimum Gasteiger partial charge on any atom is -0.493 e. The maximum atomic E-state index is 11.7. The Morgan fingerprint density at radius 2 is 1.86 bits per heavy atom. The van der Waals surface area contributed by atoms with Crippen LogP contribution in [0.5, 0.6) is 11.5 Å². The fraction of sp³-hybridized carbons (Fsp3) is 0.278. The maximum absolute atomic E-state index is 11.7. The van der Waals surface area contributed by atoms with Crippen molar-refractivity contribution < 1.29 is 23.5 Å². The Balaban J connectivity index is 1.64. The van der Waals surface area contributed by atoms with Crippen LogP contribution in [0.15, 0.2) is 41.0 Å². The van der Waals surface area contributed by atoms with Gasteiger partial charge in [-0.25, -0.2) is 0 Å².